The predicted molar refractivity (Wildman–Crippen MR) is 93.6 cm³/mol. The molecule has 0 heterocycles. The summed E-state index contributed by atoms with van der Waals surface area (Å²) in [5.74, 6) is -0.0837. The van der Waals surface area contributed by atoms with Gasteiger partial charge in [-0.3, -0.25) is 4.79 Å². The van der Waals surface area contributed by atoms with Crippen LogP contribution in [0.2, 0.25) is 0 Å². The molecule has 0 aliphatic rings. The summed E-state index contributed by atoms with van der Waals surface area (Å²) in [5.41, 5.74) is 3.99. The number of amides is 1. The van der Waals surface area contributed by atoms with Crippen LogP contribution in [0.15, 0.2) is 48.5 Å². The van der Waals surface area contributed by atoms with Gasteiger partial charge in [0.2, 0.25) is 5.91 Å². The zero-order valence-corrected chi connectivity index (χ0v) is 13.9. The summed E-state index contributed by atoms with van der Waals surface area (Å²) in [6.45, 7) is 2.22. The van der Waals surface area contributed by atoms with E-state index >= 15 is 0 Å². The Bertz CT molecular complexity index is 651. The minimum Gasteiger partial charge on any atom is -0.387 e. The molecule has 2 rings (SSSR count). The summed E-state index contributed by atoms with van der Waals surface area (Å²) in [6.07, 6.45) is -0.374. The molecule has 0 fully saturated rings. The second-order valence-corrected chi connectivity index (χ2v) is 5.97. The number of rotatable bonds is 6. The Morgan fingerprint density at radius 2 is 1.87 bits per heavy atom. The second kappa shape index (κ2) is 7.79. The van der Waals surface area contributed by atoms with Gasteiger partial charge < -0.3 is 15.3 Å². The number of carbonyl (C=O) groups is 1. The molecule has 0 aliphatic carbocycles. The largest absolute Gasteiger partial charge is 0.387 e. The third kappa shape index (κ3) is 5.11. The van der Waals surface area contributed by atoms with Gasteiger partial charge in [-0.25, -0.2) is 0 Å². The Kier molecular flexibility index (Phi) is 5.77. The predicted octanol–water partition coefficient (Wildman–Crippen LogP) is 2.45. The molecule has 2 aromatic carbocycles. The van der Waals surface area contributed by atoms with E-state index in [0.29, 0.717) is 6.42 Å². The van der Waals surface area contributed by atoms with E-state index in [9.17, 15) is 9.90 Å². The van der Waals surface area contributed by atoms with Crippen LogP contribution in [0.5, 0.6) is 0 Å². The molecule has 0 saturated heterocycles. The van der Waals surface area contributed by atoms with Gasteiger partial charge in [0, 0.05) is 26.3 Å². The summed E-state index contributed by atoms with van der Waals surface area (Å²) in [7, 11) is 3.94. The summed E-state index contributed by atoms with van der Waals surface area (Å²) >= 11 is 0. The fourth-order valence-electron chi connectivity index (χ4n) is 2.39. The fraction of sp³-hybridized carbons (Fsp3) is 0.316. The number of carbonyl (C=O) groups excluding carboxylic acids is 1. The molecule has 1 amide bonds. The SMILES string of the molecule is Cc1cccc(CC(=O)NCC(O)c2ccc(N(C)C)cc2)c1. The average molecular weight is 312 g/mol. The Balaban J connectivity index is 1.85. The molecule has 4 heteroatoms. The van der Waals surface area contributed by atoms with Crippen molar-refractivity contribution in [1.29, 1.82) is 0 Å². The standard InChI is InChI=1S/C19H24N2O2/c1-14-5-4-6-15(11-14)12-19(23)20-13-18(22)16-7-9-17(10-8-16)21(2)3/h4-11,18,22H,12-13H2,1-3H3,(H,20,23). The van der Waals surface area contributed by atoms with Gasteiger partial charge in [0.1, 0.15) is 0 Å². The molecule has 0 radical (unpaired) electrons. The number of nitrogens with one attached hydrogen (secondary N) is 1. The van der Waals surface area contributed by atoms with E-state index in [-0.39, 0.29) is 12.5 Å². The molecule has 23 heavy (non-hydrogen) atoms. The first-order valence-electron chi connectivity index (χ1n) is 7.73. The van der Waals surface area contributed by atoms with E-state index in [1.54, 1.807) is 0 Å². The van der Waals surface area contributed by atoms with Crippen LogP contribution in [0, 0.1) is 6.92 Å². The average Bonchev–Trinajstić information content (AvgIpc) is 2.52. The molecular formula is C19H24N2O2. The summed E-state index contributed by atoms with van der Waals surface area (Å²) in [5, 5.41) is 13.0. The van der Waals surface area contributed by atoms with Crippen molar-refractivity contribution < 1.29 is 9.90 Å². The molecule has 1 unspecified atom stereocenters. The van der Waals surface area contributed by atoms with Crippen molar-refractivity contribution in [1.82, 2.24) is 5.32 Å². The van der Waals surface area contributed by atoms with Crippen molar-refractivity contribution in [2.45, 2.75) is 19.4 Å². The highest BCUT2D eigenvalue weighted by molar-refractivity contribution is 5.78. The zero-order chi connectivity index (χ0) is 16.8. The summed E-state index contributed by atoms with van der Waals surface area (Å²) < 4.78 is 0. The van der Waals surface area contributed by atoms with E-state index in [1.807, 2.05) is 74.4 Å². The summed E-state index contributed by atoms with van der Waals surface area (Å²) in [4.78, 5) is 14.0. The molecule has 122 valence electrons. The van der Waals surface area contributed by atoms with E-state index in [1.165, 1.54) is 0 Å². The molecule has 2 aromatic rings. The van der Waals surface area contributed by atoms with Crippen LogP contribution >= 0.6 is 0 Å². The first-order valence-corrected chi connectivity index (χ1v) is 7.73. The van der Waals surface area contributed by atoms with Crippen molar-refractivity contribution in [2.75, 3.05) is 25.5 Å². The van der Waals surface area contributed by atoms with Crippen molar-refractivity contribution in [3.8, 4) is 0 Å². The van der Waals surface area contributed by atoms with Crippen LogP contribution in [-0.4, -0.2) is 31.7 Å². The maximum absolute atomic E-state index is 12.0. The van der Waals surface area contributed by atoms with Crippen molar-refractivity contribution in [3.05, 3.63) is 65.2 Å². The van der Waals surface area contributed by atoms with Gasteiger partial charge in [0.05, 0.1) is 12.5 Å². The topological polar surface area (TPSA) is 52.6 Å². The van der Waals surface area contributed by atoms with Crippen molar-refractivity contribution in [2.24, 2.45) is 0 Å². The van der Waals surface area contributed by atoms with Gasteiger partial charge >= 0.3 is 0 Å². The molecule has 0 spiro atoms. The molecule has 0 bridgehead atoms. The molecular weight excluding hydrogens is 288 g/mol. The lowest BCUT2D eigenvalue weighted by molar-refractivity contribution is -0.120. The smallest absolute Gasteiger partial charge is 0.224 e. The number of hydrogen-bond acceptors (Lipinski definition) is 3. The van der Waals surface area contributed by atoms with Crippen LogP contribution < -0.4 is 10.2 Å². The Hall–Kier alpha value is -2.33. The molecule has 4 nitrogen and oxygen atoms in total. The highest BCUT2D eigenvalue weighted by atomic mass is 16.3. The second-order valence-electron chi connectivity index (χ2n) is 5.97. The van der Waals surface area contributed by atoms with E-state index in [4.69, 9.17) is 0 Å². The minimum absolute atomic E-state index is 0.0837. The van der Waals surface area contributed by atoms with Crippen LogP contribution in [0.3, 0.4) is 0 Å². The number of aliphatic hydroxyl groups excluding tert-OH is 1. The van der Waals surface area contributed by atoms with Crippen LogP contribution in [0.25, 0.3) is 0 Å². The van der Waals surface area contributed by atoms with E-state index in [0.717, 1.165) is 22.4 Å². The van der Waals surface area contributed by atoms with Crippen LogP contribution in [-0.2, 0) is 11.2 Å². The molecule has 1 atom stereocenters. The van der Waals surface area contributed by atoms with Gasteiger partial charge in [-0.2, -0.15) is 0 Å². The zero-order valence-electron chi connectivity index (χ0n) is 13.9. The monoisotopic (exact) mass is 312 g/mol. The van der Waals surface area contributed by atoms with Crippen LogP contribution in [0.1, 0.15) is 22.8 Å². The quantitative estimate of drug-likeness (QED) is 0.861. The number of hydrogen-bond donors (Lipinski definition) is 2. The third-order valence-electron chi connectivity index (χ3n) is 3.73. The maximum Gasteiger partial charge on any atom is 0.224 e. The first-order chi connectivity index (χ1) is 11.0. The van der Waals surface area contributed by atoms with E-state index in [2.05, 4.69) is 5.32 Å². The molecule has 2 N–H and O–H groups in total. The van der Waals surface area contributed by atoms with Gasteiger partial charge in [-0.15, -0.1) is 0 Å². The van der Waals surface area contributed by atoms with Gasteiger partial charge in [-0.05, 0) is 30.2 Å². The lowest BCUT2D eigenvalue weighted by atomic mass is 10.1. The highest BCUT2D eigenvalue weighted by Gasteiger charge is 2.10. The number of aryl methyl sites for hydroxylation is 1. The van der Waals surface area contributed by atoms with E-state index < -0.39 is 6.10 Å². The number of nitrogens with zero attached hydrogens (tertiary/aromatic N) is 1. The molecule has 0 saturated carbocycles. The van der Waals surface area contributed by atoms with Crippen molar-refractivity contribution in [3.63, 3.8) is 0 Å². The fourth-order valence-corrected chi connectivity index (χ4v) is 2.39. The Morgan fingerprint density at radius 3 is 2.48 bits per heavy atom. The Morgan fingerprint density at radius 1 is 1.17 bits per heavy atom. The lowest BCUT2D eigenvalue weighted by Crippen LogP contribution is -2.29. The van der Waals surface area contributed by atoms with Gasteiger partial charge in [-0.1, -0.05) is 42.0 Å². The lowest BCUT2D eigenvalue weighted by Gasteiger charge is -2.16. The minimum atomic E-state index is -0.701. The van der Waals surface area contributed by atoms with Gasteiger partial charge in [0.15, 0.2) is 0 Å². The third-order valence-corrected chi connectivity index (χ3v) is 3.73. The van der Waals surface area contributed by atoms with Crippen molar-refractivity contribution >= 4 is 11.6 Å². The number of anilines is 1. The first kappa shape index (κ1) is 17.0. The number of aliphatic hydroxyl groups is 1. The van der Waals surface area contributed by atoms with Crippen LogP contribution in [0.4, 0.5) is 5.69 Å². The highest BCUT2D eigenvalue weighted by Crippen LogP contribution is 2.17. The van der Waals surface area contributed by atoms with Gasteiger partial charge in [0.25, 0.3) is 0 Å². The Labute approximate surface area is 137 Å². The summed E-state index contributed by atoms with van der Waals surface area (Å²) in [6, 6.07) is 15.5. The maximum atomic E-state index is 12.0. The normalized spacial score (nSPS) is 11.8. The molecule has 0 aromatic heterocycles. The number of benzene rings is 2. The molecule has 0 aliphatic heterocycles.